The quantitative estimate of drug-likeness (QED) is 0.692. The SMILES string of the molecule is ClC(CCc1cncnc1)C1CC1. The highest BCUT2D eigenvalue weighted by atomic mass is 35.5. The lowest BCUT2D eigenvalue weighted by molar-refractivity contribution is 0.674. The minimum absolute atomic E-state index is 0.361. The number of nitrogens with zero attached hydrogens (tertiary/aromatic N) is 2. The average Bonchev–Trinajstić information content (AvgIpc) is 2.99. The molecule has 70 valence electrons. The molecule has 0 amide bonds. The Morgan fingerprint density at radius 2 is 2.08 bits per heavy atom. The summed E-state index contributed by atoms with van der Waals surface area (Å²) in [5.41, 5.74) is 1.19. The van der Waals surface area contributed by atoms with E-state index in [0.29, 0.717) is 5.38 Å². The monoisotopic (exact) mass is 196 g/mol. The maximum Gasteiger partial charge on any atom is 0.115 e. The van der Waals surface area contributed by atoms with E-state index in [1.165, 1.54) is 18.4 Å². The topological polar surface area (TPSA) is 25.8 Å². The zero-order valence-corrected chi connectivity index (χ0v) is 8.24. The van der Waals surface area contributed by atoms with Gasteiger partial charge in [-0.1, -0.05) is 0 Å². The highest BCUT2D eigenvalue weighted by Crippen LogP contribution is 2.37. The highest BCUT2D eigenvalue weighted by Gasteiger charge is 2.29. The van der Waals surface area contributed by atoms with Crippen LogP contribution in [-0.4, -0.2) is 15.3 Å². The van der Waals surface area contributed by atoms with Crippen LogP contribution in [0.25, 0.3) is 0 Å². The molecule has 1 aromatic heterocycles. The fraction of sp³-hybridized carbons (Fsp3) is 0.600. The van der Waals surface area contributed by atoms with E-state index in [9.17, 15) is 0 Å². The van der Waals surface area contributed by atoms with Gasteiger partial charge >= 0.3 is 0 Å². The molecular formula is C10H13ClN2. The number of hydrogen-bond acceptors (Lipinski definition) is 2. The lowest BCUT2D eigenvalue weighted by atomic mass is 10.1. The number of aryl methyl sites for hydroxylation is 1. The van der Waals surface area contributed by atoms with Crippen LogP contribution in [0.3, 0.4) is 0 Å². The second-order valence-corrected chi connectivity index (χ2v) is 4.20. The molecule has 0 saturated heterocycles. The van der Waals surface area contributed by atoms with Gasteiger partial charge in [0.2, 0.25) is 0 Å². The molecule has 0 aliphatic heterocycles. The van der Waals surface area contributed by atoms with Crippen LogP contribution in [0, 0.1) is 5.92 Å². The number of aromatic nitrogens is 2. The van der Waals surface area contributed by atoms with Gasteiger partial charge < -0.3 is 0 Å². The van der Waals surface area contributed by atoms with Gasteiger partial charge in [-0.15, -0.1) is 11.6 Å². The Kier molecular flexibility index (Phi) is 2.79. The first-order valence-corrected chi connectivity index (χ1v) is 5.18. The number of rotatable bonds is 4. The number of hydrogen-bond donors (Lipinski definition) is 0. The van der Waals surface area contributed by atoms with Crippen LogP contribution in [0.5, 0.6) is 0 Å². The Hall–Kier alpha value is -0.630. The molecule has 1 fully saturated rings. The van der Waals surface area contributed by atoms with Crippen molar-refractivity contribution in [1.29, 1.82) is 0 Å². The number of alkyl halides is 1. The summed E-state index contributed by atoms with van der Waals surface area (Å²) in [4.78, 5) is 7.94. The van der Waals surface area contributed by atoms with Crippen molar-refractivity contribution in [3.05, 3.63) is 24.3 Å². The van der Waals surface area contributed by atoms with Gasteiger partial charge in [0.05, 0.1) is 0 Å². The third kappa shape index (κ3) is 2.66. The summed E-state index contributed by atoms with van der Waals surface area (Å²) in [7, 11) is 0. The predicted molar refractivity (Wildman–Crippen MR) is 52.7 cm³/mol. The Bertz CT molecular complexity index is 259. The van der Waals surface area contributed by atoms with Gasteiger partial charge in [0.25, 0.3) is 0 Å². The Morgan fingerprint density at radius 3 is 2.69 bits per heavy atom. The molecule has 1 saturated carbocycles. The fourth-order valence-corrected chi connectivity index (χ4v) is 1.82. The van der Waals surface area contributed by atoms with E-state index in [-0.39, 0.29) is 0 Å². The van der Waals surface area contributed by atoms with E-state index >= 15 is 0 Å². The summed E-state index contributed by atoms with van der Waals surface area (Å²) in [5.74, 6) is 0.784. The zero-order chi connectivity index (χ0) is 9.10. The van der Waals surface area contributed by atoms with Crippen LogP contribution in [0.1, 0.15) is 24.8 Å². The van der Waals surface area contributed by atoms with Crippen molar-refractivity contribution in [1.82, 2.24) is 9.97 Å². The van der Waals surface area contributed by atoms with Crippen molar-refractivity contribution in [2.24, 2.45) is 5.92 Å². The second-order valence-electron chi connectivity index (χ2n) is 3.64. The Morgan fingerprint density at radius 1 is 1.38 bits per heavy atom. The molecule has 0 aromatic carbocycles. The maximum atomic E-state index is 6.19. The molecule has 2 nitrogen and oxygen atoms in total. The van der Waals surface area contributed by atoms with Gasteiger partial charge in [0.1, 0.15) is 6.33 Å². The van der Waals surface area contributed by atoms with Gasteiger partial charge in [-0.05, 0) is 37.2 Å². The van der Waals surface area contributed by atoms with Crippen LogP contribution >= 0.6 is 11.6 Å². The molecule has 1 aliphatic rings. The molecule has 0 radical (unpaired) electrons. The first-order valence-electron chi connectivity index (χ1n) is 4.74. The minimum Gasteiger partial charge on any atom is -0.245 e. The average molecular weight is 197 g/mol. The normalized spacial score (nSPS) is 18.5. The summed E-state index contributed by atoms with van der Waals surface area (Å²) >= 11 is 6.19. The van der Waals surface area contributed by atoms with E-state index in [1.807, 2.05) is 12.4 Å². The summed E-state index contributed by atoms with van der Waals surface area (Å²) in [5, 5.41) is 0.361. The lowest BCUT2D eigenvalue weighted by Crippen LogP contribution is -2.03. The molecule has 0 spiro atoms. The summed E-state index contributed by atoms with van der Waals surface area (Å²) in [6, 6.07) is 0. The standard InChI is InChI=1S/C10H13ClN2/c11-10(9-2-3-9)4-1-8-5-12-7-13-6-8/h5-7,9-10H,1-4H2. The minimum atomic E-state index is 0.361. The molecular weight excluding hydrogens is 184 g/mol. The van der Waals surface area contributed by atoms with Gasteiger partial charge in [-0.2, -0.15) is 0 Å². The summed E-state index contributed by atoms with van der Waals surface area (Å²) in [6.45, 7) is 0. The zero-order valence-electron chi connectivity index (χ0n) is 7.49. The van der Waals surface area contributed by atoms with E-state index in [1.54, 1.807) is 6.33 Å². The van der Waals surface area contributed by atoms with Crippen LogP contribution < -0.4 is 0 Å². The molecule has 13 heavy (non-hydrogen) atoms. The van der Waals surface area contributed by atoms with E-state index < -0.39 is 0 Å². The van der Waals surface area contributed by atoms with E-state index in [2.05, 4.69) is 9.97 Å². The summed E-state index contributed by atoms with van der Waals surface area (Å²) in [6.07, 6.45) is 9.99. The second kappa shape index (κ2) is 4.05. The predicted octanol–water partition coefficient (Wildman–Crippen LogP) is 2.43. The maximum absolute atomic E-state index is 6.19. The van der Waals surface area contributed by atoms with Crippen molar-refractivity contribution in [2.75, 3.05) is 0 Å². The van der Waals surface area contributed by atoms with Crippen molar-refractivity contribution >= 4 is 11.6 Å². The molecule has 0 bridgehead atoms. The van der Waals surface area contributed by atoms with E-state index in [0.717, 1.165) is 18.8 Å². The van der Waals surface area contributed by atoms with Crippen molar-refractivity contribution in [2.45, 2.75) is 31.1 Å². The highest BCUT2D eigenvalue weighted by molar-refractivity contribution is 6.20. The van der Waals surface area contributed by atoms with Crippen LogP contribution in [0.2, 0.25) is 0 Å². The van der Waals surface area contributed by atoms with Crippen LogP contribution in [-0.2, 0) is 6.42 Å². The van der Waals surface area contributed by atoms with Gasteiger partial charge in [-0.25, -0.2) is 9.97 Å². The third-order valence-corrected chi connectivity index (χ3v) is 3.03. The molecule has 0 N–H and O–H groups in total. The fourth-order valence-electron chi connectivity index (χ4n) is 1.46. The van der Waals surface area contributed by atoms with Crippen molar-refractivity contribution in [3.8, 4) is 0 Å². The molecule has 3 heteroatoms. The Labute approximate surface area is 83.4 Å². The first-order chi connectivity index (χ1) is 6.36. The largest absolute Gasteiger partial charge is 0.245 e. The van der Waals surface area contributed by atoms with Gasteiger partial charge in [-0.3, -0.25) is 0 Å². The van der Waals surface area contributed by atoms with Crippen molar-refractivity contribution < 1.29 is 0 Å². The Balaban J connectivity index is 1.78. The van der Waals surface area contributed by atoms with Gasteiger partial charge in [0.15, 0.2) is 0 Å². The first kappa shape index (κ1) is 8.95. The summed E-state index contributed by atoms with van der Waals surface area (Å²) < 4.78 is 0. The third-order valence-electron chi connectivity index (χ3n) is 2.46. The molecule has 1 unspecified atom stereocenters. The molecule has 2 rings (SSSR count). The number of halogens is 1. The van der Waals surface area contributed by atoms with E-state index in [4.69, 9.17) is 11.6 Å². The van der Waals surface area contributed by atoms with Gasteiger partial charge in [0, 0.05) is 17.8 Å². The smallest absolute Gasteiger partial charge is 0.115 e. The molecule has 1 aliphatic carbocycles. The molecule has 1 heterocycles. The van der Waals surface area contributed by atoms with Crippen LogP contribution in [0.15, 0.2) is 18.7 Å². The van der Waals surface area contributed by atoms with Crippen LogP contribution in [0.4, 0.5) is 0 Å². The molecule has 1 atom stereocenters. The van der Waals surface area contributed by atoms with Crippen molar-refractivity contribution in [3.63, 3.8) is 0 Å². The lowest BCUT2D eigenvalue weighted by Gasteiger charge is -2.06. The molecule has 1 aromatic rings.